The van der Waals surface area contributed by atoms with E-state index in [2.05, 4.69) is 0 Å². The van der Waals surface area contributed by atoms with Gasteiger partial charge in [-0.05, 0) is 12.8 Å². The Labute approximate surface area is 102 Å². The van der Waals surface area contributed by atoms with Crippen molar-refractivity contribution in [2.24, 2.45) is 0 Å². The van der Waals surface area contributed by atoms with Gasteiger partial charge in [0.05, 0.1) is 0 Å². The molecule has 1 N–H and O–H groups in total. The maximum absolute atomic E-state index is 13.0. The maximum Gasteiger partial charge on any atom is 0.300 e. The Morgan fingerprint density at radius 1 is 1.17 bits per heavy atom. The predicted octanol–water partition coefficient (Wildman–Crippen LogP) is 3.68. The molecule has 102 valence electrons. The van der Waals surface area contributed by atoms with Gasteiger partial charge in [-0.2, -0.15) is 0 Å². The van der Waals surface area contributed by atoms with Gasteiger partial charge in [-0.1, -0.05) is 13.3 Å². The second-order valence-electron chi connectivity index (χ2n) is 3.57. The number of aliphatic carboxylic acids is 1. The SMILES string of the molecule is CC(=O)O.CCCCc1c(F)c(F)cc(F)c1F. The van der Waals surface area contributed by atoms with Crippen molar-refractivity contribution in [3.63, 3.8) is 0 Å². The quantitative estimate of drug-likeness (QED) is 0.669. The van der Waals surface area contributed by atoms with E-state index < -0.39 is 34.8 Å². The average Bonchev–Trinajstić information content (AvgIpc) is 2.26. The summed E-state index contributed by atoms with van der Waals surface area (Å²) in [4.78, 5) is 9.00. The fourth-order valence-corrected chi connectivity index (χ4v) is 1.20. The van der Waals surface area contributed by atoms with Crippen molar-refractivity contribution >= 4 is 5.97 Å². The largest absolute Gasteiger partial charge is 0.481 e. The van der Waals surface area contributed by atoms with Crippen LogP contribution in [0.5, 0.6) is 0 Å². The molecule has 1 aromatic rings. The maximum atomic E-state index is 13.0. The Balaban J connectivity index is 0.000000631. The second-order valence-corrected chi connectivity index (χ2v) is 3.57. The molecule has 0 aromatic heterocycles. The van der Waals surface area contributed by atoms with Crippen LogP contribution in [0.2, 0.25) is 0 Å². The van der Waals surface area contributed by atoms with E-state index in [1.54, 1.807) is 0 Å². The predicted molar refractivity (Wildman–Crippen MR) is 58.2 cm³/mol. The summed E-state index contributed by atoms with van der Waals surface area (Å²) in [6, 6.07) is 0.222. The molecule has 0 aliphatic carbocycles. The van der Waals surface area contributed by atoms with Crippen LogP contribution < -0.4 is 0 Å². The molecule has 2 nitrogen and oxygen atoms in total. The Hall–Kier alpha value is -1.59. The fraction of sp³-hybridized carbons (Fsp3) is 0.417. The number of hydrogen-bond donors (Lipinski definition) is 1. The van der Waals surface area contributed by atoms with Crippen LogP contribution in [-0.2, 0) is 11.2 Å². The minimum atomic E-state index is -1.34. The first-order chi connectivity index (χ1) is 8.31. The lowest BCUT2D eigenvalue weighted by atomic mass is 10.1. The molecule has 0 radical (unpaired) electrons. The molecule has 0 bridgehead atoms. The molecule has 1 rings (SSSR count). The molecule has 0 atom stereocenters. The molecule has 0 fully saturated rings. The van der Waals surface area contributed by atoms with E-state index in [0.29, 0.717) is 12.8 Å². The number of benzene rings is 1. The normalized spacial score (nSPS) is 9.67. The van der Waals surface area contributed by atoms with Crippen LogP contribution in [0, 0.1) is 23.3 Å². The van der Waals surface area contributed by atoms with Crippen molar-refractivity contribution in [2.75, 3.05) is 0 Å². The van der Waals surface area contributed by atoms with Gasteiger partial charge in [-0.15, -0.1) is 0 Å². The smallest absolute Gasteiger partial charge is 0.300 e. The first-order valence-electron chi connectivity index (χ1n) is 5.32. The zero-order valence-corrected chi connectivity index (χ0v) is 10.1. The van der Waals surface area contributed by atoms with E-state index in [-0.39, 0.29) is 12.5 Å². The Morgan fingerprint density at radius 2 is 1.56 bits per heavy atom. The van der Waals surface area contributed by atoms with E-state index in [1.807, 2.05) is 6.92 Å². The third-order valence-corrected chi connectivity index (χ3v) is 1.98. The van der Waals surface area contributed by atoms with Crippen LogP contribution in [0.25, 0.3) is 0 Å². The Bertz CT molecular complexity index is 389. The number of hydrogen-bond acceptors (Lipinski definition) is 1. The lowest BCUT2D eigenvalue weighted by molar-refractivity contribution is -0.134. The van der Waals surface area contributed by atoms with Crippen molar-refractivity contribution < 1.29 is 27.5 Å². The third kappa shape index (κ3) is 5.16. The fourth-order valence-electron chi connectivity index (χ4n) is 1.20. The number of carbonyl (C=O) groups is 1. The minimum absolute atomic E-state index is 0.0167. The van der Waals surface area contributed by atoms with Crippen LogP contribution in [0.3, 0.4) is 0 Å². The van der Waals surface area contributed by atoms with Crippen LogP contribution in [-0.4, -0.2) is 11.1 Å². The van der Waals surface area contributed by atoms with Crippen molar-refractivity contribution in [3.8, 4) is 0 Å². The highest BCUT2D eigenvalue weighted by atomic mass is 19.2. The van der Waals surface area contributed by atoms with E-state index in [9.17, 15) is 17.6 Å². The molecule has 0 heterocycles. The highest BCUT2D eigenvalue weighted by molar-refractivity contribution is 5.62. The van der Waals surface area contributed by atoms with Crippen LogP contribution in [0.4, 0.5) is 17.6 Å². The zero-order valence-electron chi connectivity index (χ0n) is 10.1. The standard InChI is InChI=1S/C10H10F4.C2H4O2/c1-2-3-4-6-9(13)7(11)5-8(12)10(6)14;1-2(3)4/h5H,2-4H2,1H3;1H3,(H,3,4). The van der Waals surface area contributed by atoms with E-state index >= 15 is 0 Å². The van der Waals surface area contributed by atoms with Crippen LogP contribution in [0.1, 0.15) is 32.3 Å². The number of rotatable bonds is 3. The third-order valence-electron chi connectivity index (χ3n) is 1.98. The zero-order chi connectivity index (χ0) is 14.3. The number of halogens is 4. The van der Waals surface area contributed by atoms with Crippen molar-refractivity contribution in [2.45, 2.75) is 33.1 Å². The average molecular weight is 266 g/mol. The van der Waals surface area contributed by atoms with E-state index in [4.69, 9.17) is 9.90 Å². The summed E-state index contributed by atoms with van der Waals surface area (Å²) in [6.45, 7) is 2.91. The lowest BCUT2D eigenvalue weighted by Gasteiger charge is -2.05. The monoisotopic (exact) mass is 266 g/mol. The molecule has 0 saturated carbocycles. The van der Waals surface area contributed by atoms with Crippen molar-refractivity contribution in [1.29, 1.82) is 0 Å². The first-order valence-corrected chi connectivity index (χ1v) is 5.32. The lowest BCUT2D eigenvalue weighted by Crippen LogP contribution is -2.02. The molecule has 0 saturated heterocycles. The van der Waals surface area contributed by atoms with Gasteiger partial charge in [0.15, 0.2) is 23.3 Å². The highest BCUT2D eigenvalue weighted by Gasteiger charge is 2.17. The van der Waals surface area contributed by atoms with Crippen molar-refractivity contribution in [3.05, 3.63) is 34.9 Å². The number of carboxylic acid groups (broad SMARTS) is 1. The van der Waals surface area contributed by atoms with Gasteiger partial charge < -0.3 is 5.11 Å². The summed E-state index contributed by atoms with van der Waals surface area (Å²) in [7, 11) is 0. The summed E-state index contributed by atoms with van der Waals surface area (Å²) < 4.78 is 51.3. The van der Waals surface area contributed by atoms with E-state index in [0.717, 1.165) is 6.92 Å². The van der Waals surface area contributed by atoms with Gasteiger partial charge in [0.2, 0.25) is 0 Å². The molecular weight excluding hydrogens is 252 g/mol. The number of carboxylic acids is 1. The van der Waals surface area contributed by atoms with Crippen LogP contribution >= 0.6 is 0 Å². The minimum Gasteiger partial charge on any atom is -0.481 e. The van der Waals surface area contributed by atoms with Gasteiger partial charge in [-0.3, -0.25) is 4.79 Å². The topological polar surface area (TPSA) is 37.3 Å². The first kappa shape index (κ1) is 16.4. The molecule has 0 amide bonds. The van der Waals surface area contributed by atoms with Gasteiger partial charge >= 0.3 is 0 Å². The van der Waals surface area contributed by atoms with Crippen molar-refractivity contribution in [1.82, 2.24) is 0 Å². The summed E-state index contributed by atoms with van der Waals surface area (Å²) >= 11 is 0. The molecule has 0 aliphatic rings. The molecule has 1 aromatic carbocycles. The van der Waals surface area contributed by atoms with Crippen LogP contribution in [0.15, 0.2) is 6.07 Å². The van der Waals surface area contributed by atoms with Gasteiger partial charge in [-0.25, -0.2) is 17.6 Å². The van der Waals surface area contributed by atoms with E-state index in [1.165, 1.54) is 0 Å². The summed E-state index contributed by atoms with van der Waals surface area (Å²) in [5.74, 6) is -6.07. The van der Waals surface area contributed by atoms with Gasteiger partial charge in [0.1, 0.15) is 0 Å². The summed E-state index contributed by atoms with van der Waals surface area (Å²) in [5.41, 5.74) is -0.496. The highest BCUT2D eigenvalue weighted by Crippen LogP contribution is 2.20. The molecule has 6 heteroatoms. The second kappa shape index (κ2) is 7.68. The number of unbranched alkanes of at least 4 members (excludes halogenated alkanes) is 1. The molecule has 18 heavy (non-hydrogen) atoms. The summed E-state index contributed by atoms with van der Waals surface area (Å²) in [5, 5.41) is 7.42. The molecule has 0 spiro atoms. The Morgan fingerprint density at radius 3 is 1.89 bits per heavy atom. The molecule has 0 unspecified atom stereocenters. The Kier molecular flexibility index (Phi) is 7.00. The van der Waals surface area contributed by atoms with Gasteiger partial charge in [0.25, 0.3) is 5.97 Å². The summed E-state index contributed by atoms with van der Waals surface area (Å²) in [6.07, 6.45) is 1.22. The molecular formula is C12H14F4O2. The van der Waals surface area contributed by atoms with Gasteiger partial charge in [0, 0.05) is 18.6 Å². The molecule has 0 aliphatic heterocycles.